The van der Waals surface area contributed by atoms with Gasteiger partial charge >= 0.3 is 0 Å². The molecule has 22 heavy (non-hydrogen) atoms. The molecule has 0 unspecified atom stereocenters. The summed E-state index contributed by atoms with van der Waals surface area (Å²) >= 11 is 6.23. The fourth-order valence-electron chi connectivity index (χ4n) is 3.58. The molecule has 0 saturated carbocycles. The van der Waals surface area contributed by atoms with Gasteiger partial charge in [-0.25, -0.2) is 0 Å². The minimum Gasteiger partial charge on any atom is -0.493 e. The van der Waals surface area contributed by atoms with Crippen LogP contribution in [0.2, 0.25) is 5.02 Å². The molecule has 1 atom stereocenters. The zero-order valence-electron chi connectivity index (χ0n) is 12.8. The molecule has 2 aliphatic heterocycles. The van der Waals surface area contributed by atoms with Crippen LogP contribution < -0.4 is 10.5 Å². The standard InChI is InChI=1S/C17H23ClN2O2/c18-15-8-13-5-7-22-17(13)14(9-15)11-20-6-1-2-12(10-20)3-4-16(19)21/h8-9,12H,1-7,10-11H2,(H2,19,21)/t12-/m0/s1. The number of nitrogens with two attached hydrogens (primary N) is 1. The number of benzene rings is 1. The number of fused-ring (bicyclic) bond motifs is 1. The van der Waals surface area contributed by atoms with Crippen molar-refractivity contribution in [1.82, 2.24) is 4.90 Å². The van der Waals surface area contributed by atoms with E-state index >= 15 is 0 Å². The third-order valence-electron chi connectivity index (χ3n) is 4.62. The average molecular weight is 323 g/mol. The third kappa shape index (κ3) is 3.73. The molecule has 2 N–H and O–H groups in total. The van der Waals surface area contributed by atoms with Crippen LogP contribution in [0.3, 0.4) is 0 Å². The van der Waals surface area contributed by atoms with Crippen molar-refractivity contribution in [2.45, 2.75) is 38.6 Å². The van der Waals surface area contributed by atoms with Gasteiger partial charge in [0.25, 0.3) is 0 Å². The highest BCUT2D eigenvalue weighted by Crippen LogP contribution is 2.34. The highest BCUT2D eigenvalue weighted by molar-refractivity contribution is 6.30. The van der Waals surface area contributed by atoms with Crippen molar-refractivity contribution in [3.05, 3.63) is 28.3 Å². The van der Waals surface area contributed by atoms with Crippen LogP contribution in [0.5, 0.6) is 5.75 Å². The Balaban J connectivity index is 1.64. The normalized spacial score (nSPS) is 21.4. The molecule has 5 heteroatoms. The predicted octanol–water partition coefficient (Wildman–Crippen LogP) is 2.75. The van der Waals surface area contributed by atoms with Crippen LogP contribution in [0.1, 0.15) is 36.8 Å². The van der Waals surface area contributed by atoms with Crippen molar-refractivity contribution in [3.8, 4) is 5.75 Å². The van der Waals surface area contributed by atoms with Gasteiger partial charge in [0, 0.05) is 36.5 Å². The monoisotopic (exact) mass is 322 g/mol. The lowest BCUT2D eigenvalue weighted by molar-refractivity contribution is -0.118. The molecule has 120 valence electrons. The minimum absolute atomic E-state index is 0.196. The number of amides is 1. The van der Waals surface area contributed by atoms with Gasteiger partial charge < -0.3 is 10.5 Å². The van der Waals surface area contributed by atoms with E-state index in [-0.39, 0.29) is 5.91 Å². The fourth-order valence-corrected chi connectivity index (χ4v) is 3.84. The molecule has 0 aliphatic carbocycles. The van der Waals surface area contributed by atoms with Crippen molar-refractivity contribution >= 4 is 17.5 Å². The Kier molecular flexibility index (Phi) is 4.89. The molecule has 4 nitrogen and oxygen atoms in total. The van der Waals surface area contributed by atoms with E-state index in [1.165, 1.54) is 24.0 Å². The molecule has 1 amide bonds. The number of halogens is 1. The van der Waals surface area contributed by atoms with E-state index in [2.05, 4.69) is 4.90 Å². The van der Waals surface area contributed by atoms with E-state index in [0.717, 1.165) is 49.9 Å². The molecule has 1 aromatic carbocycles. The molecule has 0 radical (unpaired) electrons. The minimum atomic E-state index is -0.196. The average Bonchev–Trinajstić information content (AvgIpc) is 2.94. The summed E-state index contributed by atoms with van der Waals surface area (Å²) in [7, 11) is 0. The van der Waals surface area contributed by atoms with E-state index in [0.29, 0.717) is 12.3 Å². The van der Waals surface area contributed by atoms with Gasteiger partial charge in [-0.3, -0.25) is 9.69 Å². The lowest BCUT2D eigenvalue weighted by atomic mass is 9.93. The molecule has 2 heterocycles. The maximum atomic E-state index is 11.0. The number of hydrogen-bond donors (Lipinski definition) is 1. The Labute approximate surface area is 136 Å². The van der Waals surface area contributed by atoms with Gasteiger partial charge in [-0.15, -0.1) is 0 Å². The molecule has 1 aromatic rings. The molecule has 0 aromatic heterocycles. The second-order valence-electron chi connectivity index (χ2n) is 6.40. The van der Waals surface area contributed by atoms with Crippen LogP contribution in [-0.4, -0.2) is 30.5 Å². The summed E-state index contributed by atoms with van der Waals surface area (Å²) in [6.07, 6.45) is 4.70. The number of piperidine rings is 1. The Morgan fingerprint density at radius 1 is 1.45 bits per heavy atom. The van der Waals surface area contributed by atoms with Crippen molar-refractivity contribution in [2.75, 3.05) is 19.7 Å². The van der Waals surface area contributed by atoms with Gasteiger partial charge in [0.1, 0.15) is 5.75 Å². The first-order valence-corrected chi connectivity index (χ1v) is 8.44. The van der Waals surface area contributed by atoms with Gasteiger partial charge in [0.2, 0.25) is 5.91 Å². The summed E-state index contributed by atoms with van der Waals surface area (Å²) < 4.78 is 5.79. The maximum Gasteiger partial charge on any atom is 0.217 e. The number of primary amides is 1. The number of nitrogens with zero attached hydrogens (tertiary/aromatic N) is 1. The van der Waals surface area contributed by atoms with Gasteiger partial charge in [0.05, 0.1) is 6.61 Å². The first-order chi connectivity index (χ1) is 10.6. The molecule has 3 rings (SSSR count). The second-order valence-corrected chi connectivity index (χ2v) is 6.84. The molecule has 1 fully saturated rings. The Morgan fingerprint density at radius 2 is 2.32 bits per heavy atom. The fraction of sp³-hybridized carbons (Fsp3) is 0.588. The van der Waals surface area contributed by atoms with E-state index in [9.17, 15) is 4.79 Å². The Hall–Kier alpha value is -1.26. The highest BCUT2D eigenvalue weighted by Gasteiger charge is 2.23. The number of hydrogen-bond acceptors (Lipinski definition) is 3. The third-order valence-corrected chi connectivity index (χ3v) is 4.84. The quantitative estimate of drug-likeness (QED) is 0.907. The molecular formula is C17H23ClN2O2. The summed E-state index contributed by atoms with van der Waals surface area (Å²) in [5, 5.41) is 0.793. The van der Waals surface area contributed by atoms with Crippen LogP contribution in [0, 0.1) is 5.92 Å². The van der Waals surface area contributed by atoms with Crippen LogP contribution in [0.4, 0.5) is 0 Å². The zero-order chi connectivity index (χ0) is 15.5. The largest absolute Gasteiger partial charge is 0.493 e. The van der Waals surface area contributed by atoms with Crippen molar-refractivity contribution in [3.63, 3.8) is 0 Å². The summed E-state index contributed by atoms with van der Waals surface area (Å²) in [4.78, 5) is 13.4. The molecule has 0 bridgehead atoms. The number of likely N-dealkylation sites (tertiary alicyclic amines) is 1. The number of carbonyl (C=O) groups is 1. The van der Waals surface area contributed by atoms with Gasteiger partial charge in [0.15, 0.2) is 0 Å². The Bertz CT molecular complexity index is 562. The summed E-state index contributed by atoms with van der Waals surface area (Å²) in [5.74, 6) is 1.40. The predicted molar refractivity (Wildman–Crippen MR) is 87.1 cm³/mol. The molecule has 2 aliphatic rings. The van der Waals surface area contributed by atoms with Crippen molar-refractivity contribution in [1.29, 1.82) is 0 Å². The topological polar surface area (TPSA) is 55.6 Å². The first-order valence-electron chi connectivity index (χ1n) is 8.06. The SMILES string of the molecule is NC(=O)CC[C@@H]1CCCN(Cc2cc(Cl)cc3c2OCC3)C1. The first kappa shape index (κ1) is 15.6. The lowest BCUT2D eigenvalue weighted by Gasteiger charge is -2.33. The molecule has 0 spiro atoms. The van der Waals surface area contributed by atoms with Crippen LogP contribution >= 0.6 is 11.6 Å². The van der Waals surface area contributed by atoms with E-state index in [4.69, 9.17) is 22.1 Å². The number of ether oxygens (including phenoxy) is 1. The van der Waals surface area contributed by atoms with E-state index in [1.807, 2.05) is 12.1 Å². The van der Waals surface area contributed by atoms with E-state index in [1.54, 1.807) is 0 Å². The lowest BCUT2D eigenvalue weighted by Crippen LogP contribution is -2.35. The number of carbonyl (C=O) groups excluding carboxylic acids is 1. The van der Waals surface area contributed by atoms with Crippen LogP contribution in [-0.2, 0) is 17.8 Å². The van der Waals surface area contributed by atoms with E-state index < -0.39 is 0 Å². The second kappa shape index (κ2) is 6.88. The van der Waals surface area contributed by atoms with Gasteiger partial charge in [-0.05, 0) is 49.4 Å². The maximum absolute atomic E-state index is 11.0. The van der Waals surface area contributed by atoms with Crippen molar-refractivity contribution < 1.29 is 9.53 Å². The summed E-state index contributed by atoms with van der Waals surface area (Å²) in [6.45, 7) is 3.74. The number of rotatable bonds is 5. The van der Waals surface area contributed by atoms with Gasteiger partial charge in [-0.1, -0.05) is 11.6 Å². The summed E-state index contributed by atoms with van der Waals surface area (Å²) in [6, 6.07) is 4.04. The molecule has 1 saturated heterocycles. The van der Waals surface area contributed by atoms with Crippen LogP contribution in [0.25, 0.3) is 0 Å². The Morgan fingerprint density at radius 3 is 3.14 bits per heavy atom. The van der Waals surface area contributed by atoms with Crippen LogP contribution in [0.15, 0.2) is 12.1 Å². The highest BCUT2D eigenvalue weighted by atomic mass is 35.5. The van der Waals surface area contributed by atoms with Crippen molar-refractivity contribution in [2.24, 2.45) is 11.7 Å². The zero-order valence-corrected chi connectivity index (χ0v) is 13.6. The smallest absolute Gasteiger partial charge is 0.217 e. The molecular weight excluding hydrogens is 300 g/mol. The summed E-state index contributed by atoms with van der Waals surface area (Å²) in [5.41, 5.74) is 7.68. The van der Waals surface area contributed by atoms with Gasteiger partial charge in [-0.2, -0.15) is 0 Å².